The number of urea groups is 1. The van der Waals surface area contributed by atoms with Gasteiger partial charge in [0.2, 0.25) is 0 Å². The molecule has 0 aliphatic carbocycles. The van der Waals surface area contributed by atoms with Crippen molar-refractivity contribution in [2.75, 3.05) is 18.4 Å². The Bertz CT molecular complexity index is 551. The second kappa shape index (κ2) is 5.57. The van der Waals surface area contributed by atoms with Crippen molar-refractivity contribution < 1.29 is 9.90 Å². The van der Waals surface area contributed by atoms with Gasteiger partial charge in [-0.25, -0.2) is 9.48 Å². The Labute approximate surface area is 132 Å². The number of carbonyl (C=O) groups excluding carboxylic acids is 1. The zero-order valence-electron chi connectivity index (χ0n) is 14.5. The Morgan fingerprint density at radius 2 is 1.95 bits per heavy atom. The van der Waals surface area contributed by atoms with Gasteiger partial charge in [-0.05, 0) is 27.2 Å². The maximum absolute atomic E-state index is 12.4. The van der Waals surface area contributed by atoms with Crippen LogP contribution in [0.1, 0.15) is 53.7 Å². The normalized spacial score (nSPS) is 19.6. The van der Waals surface area contributed by atoms with Crippen LogP contribution in [0.2, 0.25) is 0 Å². The number of likely N-dealkylation sites (tertiary alicyclic amines) is 1. The molecule has 0 saturated carbocycles. The lowest BCUT2D eigenvalue weighted by atomic mass is 9.92. The summed E-state index contributed by atoms with van der Waals surface area (Å²) in [5.74, 6) is 0.698. The third-order valence-electron chi connectivity index (χ3n) is 3.80. The quantitative estimate of drug-likeness (QED) is 0.837. The first-order valence-electron chi connectivity index (χ1n) is 7.83. The summed E-state index contributed by atoms with van der Waals surface area (Å²) in [5.41, 5.74) is 0.635. The number of nitrogens with zero attached hydrogens (tertiary/aromatic N) is 3. The van der Waals surface area contributed by atoms with E-state index in [0.29, 0.717) is 25.3 Å². The average molecular weight is 308 g/mol. The van der Waals surface area contributed by atoms with E-state index in [0.717, 1.165) is 5.69 Å². The standard InChI is InChI=1S/C16H28N4O2/c1-15(2,3)12-9-13(20(18-12)16(4,5)6)17-14(22)19-8-7-11(21)10-19/h9,11,21H,7-8,10H2,1-6H3,(H,17,22)/t11-/m1/s1. The molecule has 0 unspecified atom stereocenters. The maximum atomic E-state index is 12.4. The van der Waals surface area contributed by atoms with Gasteiger partial charge in [-0.1, -0.05) is 20.8 Å². The number of hydrogen-bond donors (Lipinski definition) is 2. The van der Waals surface area contributed by atoms with Crippen LogP contribution in [0.4, 0.5) is 10.6 Å². The molecule has 1 aromatic heterocycles. The summed E-state index contributed by atoms with van der Waals surface area (Å²) in [6.45, 7) is 13.5. The van der Waals surface area contributed by atoms with Gasteiger partial charge in [0.15, 0.2) is 0 Å². The summed E-state index contributed by atoms with van der Waals surface area (Å²) < 4.78 is 1.86. The average Bonchev–Trinajstić information content (AvgIpc) is 2.93. The van der Waals surface area contributed by atoms with E-state index >= 15 is 0 Å². The Kier molecular flexibility index (Phi) is 4.26. The molecule has 0 spiro atoms. The first kappa shape index (κ1) is 16.8. The van der Waals surface area contributed by atoms with Crippen LogP contribution in [0.15, 0.2) is 6.07 Å². The fraction of sp³-hybridized carbons (Fsp3) is 0.750. The van der Waals surface area contributed by atoms with E-state index in [1.807, 2.05) is 10.7 Å². The fourth-order valence-electron chi connectivity index (χ4n) is 2.46. The van der Waals surface area contributed by atoms with Gasteiger partial charge in [0, 0.05) is 24.6 Å². The van der Waals surface area contributed by atoms with Crippen molar-refractivity contribution in [2.45, 2.75) is 65.0 Å². The number of nitrogens with one attached hydrogen (secondary N) is 1. The number of carbonyl (C=O) groups is 1. The molecule has 2 rings (SSSR count). The Balaban J connectivity index is 2.25. The molecular weight excluding hydrogens is 280 g/mol. The van der Waals surface area contributed by atoms with Gasteiger partial charge in [0.05, 0.1) is 17.3 Å². The van der Waals surface area contributed by atoms with Crippen LogP contribution in [-0.4, -0.2) is 45.0 Å². The van der Waals surface area contributed by atoms with Crippen LogP contribution < -0.4 is 5.32 Å². The summed E-state index contributed by atoms with van der Waals surface area (Å²) in [6, 6.07) is 1.76. The highest BCUT2D eigenvalue weighted by atomic mass is 16.3. The molecule has 1 atom stereocenters. The molecule has 0 aromatic carbocycles. The van der Waals surface area contributed by atoms with Crippen molar-refractivity contribution in [1.82, 2.24) is 14.7 Å². The fourth-order valence-corrected chi connectivity index (χ4v) is 2.46. The lowest BCUT2D eigenvalue weighted by molar-refractivity contribution is 0.176. The van der Waals surface area contributed by atoms with Crippen molar-refractivity contribution in [3.8, 4) is 0 Å². The molecule has 0 bridgehead atoms. The zero-order chi connectivity index (χ0) is 16.7. The monoisotopic (exact) mass is 308 g/mol. The number of aliphatic hydroxyl groups excluding tert-OH is 1. The number of amides is 2. The molecule has 6 nitrogen and oxygen atoms in total. The molecule has 6 heteroatoms. The van der Waals surface area contributed by atoms with E-state index in [4.69, 9.17) is 0 Å². The number of rotatable bonds is 1. The number of hydrogen-bond acceptors (Lipinski definition) is 3. The largest absolute Gasteiger partial charge is 0.391 e. The van der Waals surface area contributed by atoms with E-state index in [2.05, 4.69) is 52.0 Å². The second-order valence-electron chi connectivity index (χ2n) is 8.07. The van der Waals surface area contributed by atoms with Crippen LogP contribution in [0.5, 0.6) is 0 Å². The highest BCUT2D eigenvalue weighted by molar-refractivity contribution is 5.88. The van der Waals surface area contributed by atoms with Crippen molar-refractivity contribution >= 4 is 11.8 Å². The molecule has 1 aliphatic rings. The molecular formula is C16H28N4O2. The van der Waals surface area contributed by atoms with Gasteiger partial charge >= 0.3 is 6.03 Å². The van der Waals surface area contributed by atoms with Crippen LogP contribution in [0.3, 0.4) is 0 Å². The number of aromatic nitrogens is 2. The van der Waals surface area contributed by atoms with Crippen LogP contribution >= 0.6 is 0 Å². The SMILES string of the molecule is CC(C)(C)c1cc(NC(=O)N2CC[C@@H](O)C2)n(C(C)(C)C)n1. The van der Waals surface area contributed by atoms with Gasteiger partial charge in [-0.2, -0.15) is 5.10 Å². The highest BCUT2D eigenvalue weighted by Gasteiger charge is 2.28. The predicted molar refractivity (Wildman–Crippen MR) is 87.1 cm³/mol. The second-order valence-corrected chi connectivity index (χ2v) is 8.07. The van der Waals surface area contributed by atoms with Crippen LogP contribution in [0.25, 0.3) is 0 Å². The van der Waals surface area contributed by atoms with Crippen LogP contribution in [-0.2, 0) is 11.0 Å². The maximum Gasteiger partial charge on any atom is 0.323 e. The summed E-state index contributed by atoms with van der Waals surface area (Å²) in [4.78, 5) is 14.0. The molecule has 1 aromatic rings. The van der Waals surface area contributed by atoms with Crippen molar-refractivity contribution in [3.05, 3.63) is 11.8 Å². The summed E-state index contributed by atoms with van der Waals surface area (Å²) in [6.07, 6.45) is 0.225. The molecule has 1 fully saturated rings. The lowest BCUT2D eigenvalue weighted by Crippen LogP contribution is -2.35. The third-order valence-corrected chi connectivity index (χ3v) is 3.80. The van der Waals surface area contributed by atoms with Gasteiger partial charge < -0.3 is 10.0 Å². The molecule has 1 aliphatic heterocycles. The lowest BCUT2D eigenvalue weighted by Gasteiger charge is -2.24. The van der Waals surface area contributed by atoms with Gasteiger partial charge in [-0.15, -0.1) is 0 Å². The van der Waals surface area contributed by atoms with E-state index in [9.17, 15) is 9.90 Å². The number of β-amino-alcohol motifs (C(OH)–C–C–N with tert-alkyl or cyclic N) is 1. The topological polar surface area (TPSA) is 70.4 Å². The summed E-state index contributed by atoms with van der Waals surface area (Å²) >= 11 is 0. The van der Waals surface area contributed by atoms with Gasteiger partial charge in [0.25, 0.3) is 0 Å². The molecule has 2 heterocycles. The van der Waals surface area contributed by atoms with E-state index in [1.165, 1.54) is 0 Å². The van der Waals surface area contributed by atoms with Crippen LogP contribution in [0, 0.1) is 0 Å². The highest BCUT2D eigenvalue weighted by Crippen LogP contribution is 2.28. The molecule has 1 saturated heterocycles. The number of aliphatic hydroxyl groups is 1. The first-order chi connectivity index (χ1) is 9.98. The minimum atomic E-state index is -0.414. The van der Waals surface area contributed by atoms with Gasteiger partial charge in [-0.3, -0.25) is 5.32 Å². The molecule has 2 N–H and O–H groups in total. The molecule has 124 valence electrons. The minimum Gasteiger partial charge on any atom is -0.391 e. The third kappa shape index (κ3) is 3.61. The molecule has 22 heavy (non-hydrogen) atoms. The number of anilines is 1. The van der Waals surface area contributed by atoms with Crippen molar-refractivity contribution in [2.24, 2.45) is 0 Å². The minimum absolute atomic E-state index is 0.0835. The Hall–Kier alpha value is -1.56. The first-order valence-corrected chi connectivity index (χ1v) is 7.83. The summed E-state index contributed by atoms with van der Waals surface area (Å²) in [5, 5.41) is 17.2. The van der Waals surface area contributed by atoms with E-state index < -0.39 is 6.10 Å². The van der Waals surface area contributed by atoms with Crippen molar-refractivity contribution in [1.29, 1.82) is 0 Å². The van der Waals surface area contributed by atoms with E-state index in [-0.39, 0.29) is 17.0 Å². The smallest absolute Gasteiger partial charge is 0.323 e. The van der Waals surface area contributed by atoms with Gasteiger partial charge in [0.1, 0.15) is 5.82 Å². The molecule has 0 radical (unpaired) electrons. The predicted octanol–water partition coefficient (Wildman–Crippen LogP) is 2.53. The Morgan fingerprint density at radius 3 is 2.41 bits per heavy atom. The van der Waals surface area contributed by atoms with Crippen molar-refractivity contribution in [3.63, 3.8) is 0 Å². The van der Waals surface area contributed by atoms with E-state index in [1.54, 1.807) is 4.90 Å². The molecule has 2 amide bonds. The zero-order valence-corrected chi connectivity index (χ0v) is 14.5. The Morgan fingerprint density at radius 1 is 1.32 bits per heavy atom. The summed E-state index contributed by atoms with van der Waals surface area (Å²) in [7, 11) is 0.